The van der Waals surface area contributed by atoms with Crippen molar-refractivity contribution in [1.82, 2.24) is 15.0 Å². The fourth-order valence-corrected chi connectivity index (χ4v) is 2.36. The van der Waals surface area contributed by atoms with Gasteiger partial charge in [-0.05, 0) is 19.1 Å². The van der Waals surface area contributed by atoms with E-state index in [9.17, 15) is 9.59 Å². The quantitative estimate of drug-likeness (QED) is 0.778. The third kappa shape index (κ3) is 3.68. The van der Waals surface area contributed by atoms with Crippen LogP contribution in [0.15, 0.2) is 18.2 Å². The Balaban J connectivity index is 2.48. The molecule has 0 atom stereocenters. The zero-order valence-electron chi connectivity index (χ0n) is 13.0. The lowest BCUT2D eigenvalue weighted by Gasteiger charge is -2.11. The van der Waals surface area contributed by atoms with Crippen molar-refractivity contribution in [3.05, 3.63) is 34.5 Å². The minimum atomic E-state index is -0.511. The number of hydrogen-bond acceptors (Lipinski definition) is 6. The first-order valence-corrected chi connectivity index (χ1v) is 7.20. The molecule has 0 bridgehead atoms. The van der Waals surface area contributed by atoms with Gasteiger partial charge in [-0.1, -0.05) is 22.9 Å². The van der Waals surface area contributed by atoms with Gasteiger partial charge >= 0.3 is 11.9 Å². The van der Waals surface area contributed by atoms with Gasteiger partial charge in [0.05, 0.1) is 44.1 Å². The molecule has 2 aromatic rings. The van der Waals surface area contributed by atoms with Crippen LogP contribution in [0, 0.1) is 6.92 Å². The molecule has 1 aromatic carbocycles. The summed E-state index contributed by atoms with van der Waals surface area (Å²) in [5, 5.41) is 8.46. The minimum Gasteiger partial charge on any atom is -0.469 e. The Labute approximate surface area is 138 Å². The summed E-state index contributed by atoms with van der Waals surface area (Å²) in [6.45, 7) is 2.05. The van der Waals surface area contributed by atoms with E-state index < -0.39 is 5.97 Å². The van der Waals surface area contributed by atoms with E-state index in [4.69, 9.17) is 16.3 Å². The maximum atomic E-state index is 12.0. The fraction of sp³-hybridized carbons (Fsp3) is 0.333. The number of nitrogens with zero attached hydrogens (tertiary/aromatic N) is 3. The monoisotopic (exact) mass is 337 g/mol. The van der Waals surface area contributed by atoms with Crippen molar-refractivity contribution in [2.75, 3.05) is 14.2 Å². The summed E-state index contributed by atoms with van der Waals surface area (Å²) < 4.78 is 11.0. The molecule has 1 aromatic heterocycles. The Morgan fingerprint density at radius 1 is 1.26 bits per heavy atom. The summed E-state index contributed by atoms with van der Waals surface area (Å²) in [4.78, 5) is 23.3. The third-order valence-corrected chi connectivity index (χ3v) is 3.54. The second kappa shape index (κ2) is 7.23. The summed E-state index contributed by atoms with van der Waals surface area (Å²) >= 11 is 5.97. The first-order chi connectivity index (χ1) is 11.0. The molecule has 7 nitrogen and oxygen atoms in total. The maximum Gasteiger partial charge on any atom is 0.338 e. The molecule has 0 aliphatic rings. The molecule has 1 heterocycles. The van der Waals surface area contributed by atoms with Crippen LogP contribution in [-0.4, -0.2) is 41.2 Å². The number of benzene rings is 1. The van der Waals surface area contributed by atoms with Crippen LogP contribution in [0.5, 0.6) is 0 Å². The van der Waals surface area contributed by atoms with Gasteiger partial charge in [0, 0.05) is 10.6 Å². The SMILES string of the molecule is COC(=O)CCn1nnc(C)c1-c1ccc(Cl)cc1C(=O)OC. The number of carbonyl (C=O) groups is 2. The van der Waals surface area contributed by atoms with Gasteiger partial charge in [-0.2, -0.15) is 0 Å². The molecule has 122 valence electrons. The third-order valence-electron chi connectivity index (χ3n) is 3.30. The average Bonchev–Trinajstić information content (AvgIpc) is 2.92. The number of carbonyl (C=O) groups excluding carboxylic acids is 2. The molecule has 0 saturated heterocycles. The number of hydrogen-bond donors (Lipinski definition) is 0. The van der Waals surface area contributed by atoms with E-state index in [0.717, 1.165) is 0 Å². The Bertz CT molecular complexity index is 742. The fourth-order valence-electron chi connectivity index (χ4n) is 2.19. The summed E-state index contributed by atoms with van der Waals surface area (Å²) in [6.07, 6.45) is 0.146. The number of aryl methyl sites for hydroxylation is 2. The Hall–Kier alpha value is -2.41. The molecule has 2 rings (SSSR count). The second-order valence-corrected chi connectivity index (χ2v) is 5.19. The van der Waals surface area contributed by atoms with Gasteiger partial charge in [0.25, 0.3) is 0 Å². The number of aromatic nitrogens is 3. The molecule has 0 fully saturated rings. The Kier molecular flexibility index (Phi) is 5.33. The van der Waals surface area contributed by atoms with E-state index in [-0.39, 0.29) is 18.9 Å². The van der Waals surface area contributed by atoms with Gasteiger partial charge in [0.2, 0.25) is 0 Å². The first kappa shape index (κ1) is 17.0. The molecule has 0 aliphatic heterocycles. The largest absolute Gasteiger partial charge is 0.469 e. The van der Waals surface area contributed by atoms with Crippen molar-refractivity contribution >= 4 is 23.5 Å². The van der Waals surface area contributed by atoms with Gasteiger partial charge in [-0.3, -0.25) is 4.79 Å². The van der Waals surface area contributed by atoms with Crippen LogP contribution in [0.25, 0.3) is 11.3 Å². The van der Waals surface area contributed by atoms with Crippen molar-refractivity contribution in [3.63, 3.8) is 0 Å². The lowest BCUT2D eigenvalue weighted by atomic mass is 10.0. The zero-order valence-corrected chi connectivity index (χ0v) is 13.8. The molecular formula is C15H16ClN3O4. The van der Waals surface area contributed by atoms with Gasteiger partial charge in [0.15, 0.2) is 0 Å². The predicted octanol–water partition coefficient (Wildman–Crippen LogP) is 2.26. The second-order valence-electron chi connectivity index (χ2n) is 4.75. The number of ether oxygens (including phenoxy) is 2. The van der Waals surface area contributed by atoms with E-state index in [1.807, 2.05) is 0 Å². The standard InChI is InChI=1S/C15H16ClN3O4/c1-9-14(19(18-17-9)7-6-13(20)22-2)11-5-4-10(16)8-12(11)15(21)23-3/h4-5,8H,6-7H2,1-3H3. The first-order valence-electron chi connectivity index (χ1n) is 6.83. The van der Waals surface area contributed by atoms with Crippen molar-refractivity contribution in [1.29, 1.82) is 0 Å². The molecule has 0 amide bonds. The van der Waals surface area contributed by atoms with E-state index in [1.54, 1.807) is 23.7 Å². The minimum absolute atomic E-state index is 0.146. The molecule has 0 spiro atoms. The summed E-state index contributed by atoms with van der Waals surface area (Å²) in [5.74, 6) is -0.865. The van der Waals surface area contributed by atoms with E-state index in [1.165, 1.54) is 20.3 Å². The van der Waals surface area contributed by atoms with Crippen LogP contribution < -0.4 is 0 Å². The predicted molar refractivity (Wildman–Crippen MR) is 83.2 cm³/mol. The highest BCUT2D eigenvalue weighted by atomic mass is 35.5. The number of esters is 2. The van der Waals surface area contributed by atoms with Crippen LogP contribution in [0.1, 0.15) is 22.5 Å². The lowest BCUT2D eigenvalue weighted by Crippen LogP contribution is -2.11. The molecule has 8 heteroatoms. The smallest absolute Gasteiger partial charge is 0.338 e. The summed E-state index contributed by atoms with van der Waals surface area (Å²) in [6, 6.07) is 4.90. The van der Waals surface area contributed by atoms with Gasteiger partial charge in [-0.15, -0.1) is 5.10 Å². The average molecular weight is 338 g/mol. The maximum absolute atomic E-state index is 12.0. The van der Waals surface area contributed by atoms with E-state index in [0.29, 0.717) is 27.5 Å². The molecule has 0 unspecified atom stereocenters. The van der Waals surface area contributed by atoms with Crippen LogP contribution in [0.4, 0.5) is 0 Å². The molecular weight excluding hydrogens is 322 g/mol. The van der Waals surface area contributed by atoms with Crippen LogP contribution in [-0.2, 0) is 20.8 Å². The van der Waals surface area contributed by atoms with Crippen molar-refractivity contribution in [3.8, 4) is 11.3 Å². The van der Waals surface area contributed by atoms with Crippen LogP contribution in [0.3, 0.4) is 0 Å². The van der Waals surface area contributed by atoms with E-state index in [2.05, 4.69) is 15.0 Å². The van der Waals surface area contributed by atoms with Crippen LogP contribution >= 0.6 is 11.6 Å². The lowest BCUT2D eigenvalue weighted by molar-refractivity contribution is -0.140. The number of halogens is 1. The summed E-state index contributed by atoms with van der Waals surface area (Å²) in [5.41, 5.74) is 2.16. The van der Waals surface area contributed by atoms with E-state index >= 15 is 0 Å². The molecule has 0 aliphatic carbocycles. The van der Waals surface area contributed by atoms with Gasteiger partial charge < -0.3 is 9.47 Å². The van der Waals surface area contributed by atoms with Crippen LogP contribution in [0.2, 0.25) is 5.02 Å². The van der Waals surface area contributed by atoms with Gasteiger partial charge in [0.1, 0.15) is 0 Å². The normalized spacial score (nSPS) is 10.4. The molecule has 0 saturated carbocycles. The topological polar surface area (TPSA) is 83.3 Å². The summed E-state index contributed by atoms with van der Waals surface area (Å²) in [7, 11) is 2.62. The molecule has 0 N–H and O–H groups in total. The van der Waals surface area contributed by atoms with Gasteiger partial charge in [-0.25, -0.2) is 9.48 Å². The number of methoxy groups -OCH3 is 2. The Morgan fingerprint density at radius 3 is 2.65 bits per heavy atom. The zero-order chi connectivity index (χ0) is 17.0. The highest BCUT2D eigenvalue weighted by molar-refractivity contribution is 6.31. The highest BCUT2D eigenvalue weighted by Crippen LogP contribution is 2.29. The Morgan fingerprint density at radius 2 is 2.00 bits per heavy atom. The van der Waals surface area contributed by atoms with Crippen molar-refractivity contribution < 1.29 is 19.1 Å². The number of rotatable bonds is 5. The molecule has 0 radical (unpaired) electrons. The highest BCUT2D eigenvalue weighted by Gasteiger charge is 2.20. The van der Waals surface area contributed by atoms with Crippen molar-refractivity contribution in [2.45, 2.75) is 19.9 Å². The molecule has 23 heavy (non-hydrogen) atoms. The van der Waals surface area contributed by atoms with Crippen molar-refractivity contribution in [2.24, 2.45) is 0 Å².